The second-order valence-corrected chi connectivity index (χ2v) is 3.13. The maximum absolute atomic E-state index is 9.15. The number of hydrogen-bond donors (Lipinski definition) is 1. The van der Waals surface area contributed by atoms with Crippen molar-refractivity contribution >= 4 is 11.0 Å². The van der Waals surface area contributed by atoms with Crippen molar-refractivity contribution in [3.63, 3.8) is 0 Å². The number of aliphatic hydroxyl groups is 1. The lowest BCUT2D eigenvalue weighted by Gasteiger charge is -1.97. The van der Waals surface area contributed by atoms with Crippen LogP contribution in [0.3, 0.4) is 0 Å². The van der Waals surface area contributed by atoms with Crippen LogP contribution >= 0.6 is 0 Å². The molecule has 0 spiro atoms. The van der Waals surface area contributed by atoms with Crippen LogP contribution < -0.4 is 0 Å². The number of pyridine rings is 1. The van der Waals surface area contributed by atoms with Crippen LogP contribution in [0.1, 0.15) is 5.56 Å². The van der Waals surface area contributed by atoms with Gasteiger partial charge in [0.1, 0.15) is 5.65 Å². The van der Waals surface area contributed by atoms with Gasteiger partial charge in [-0.1, -0.05) is 6.08 Å². The van der Waals surface area contributed by atoms with Gasteiger partial charge in [-0.15, -0.1) is 6.58 Å². The van der Waals surface area contributed by atoms with Crippen LogP contribution in [0.5, 0.6) is 0 Å². The van der Waals surface area contributed by atoms with Gasteiger partial charge in [-0.3, -0.25) is 0 Å². The Hall–Kier alpha value is -1.61. The molecule has 1 N–H and O–H groups in total. The molecule has 2 rings (SSSR count). The summed E-state index contributed by atoms with van der Waals surface area (Å²) in [4.78, 5) is 4.27. The molecular formula is C11H12N2O. The van der Waals surface area contributed by atoms with Gasteiger partial charge in [0.2, 0.25) is 0 Å². The highest BCUT2D eigenvalue weighted by Gasteiger charge is 2.06. The number of rotatable bonds is 3. The van der Waals surface area contributed by atoms with Crippen LogP contribution in [0.2, 0.25) is 0 Å². The molecular weight excluding hydrogens is 176 g/mol. The molecule has 0 aromatic carbocycles. The number of aliphatic hydroxyl groups excluding tert-OH is 1. The van der Waals surface area contributed by atoms with E-state index in [9.17, 15) is 0 Å². The van der Waals surface area contributed by atoms with Crippen molar-refractivity contribution in [3.05, 3.63) is 42.7 Å². The first-order chi connectivity index (χ1) is 6.86. The summed E-state index contributed by atoms with van der Waals surface area (Å²) in [5.74, 6) is 0. The van der Waals surface area contributed by atoms with E-state index < -0.39 is 0 Å². The Kier molecular flexibility index (Phi) is 2.33. The average Bonchev–Trinajstić information content (AvgIpc) is 2.58. The Morgan fingerprint density at radius 3 is 3.14 bits per heavy atom. The number of fused-ring (bicyclic) bond motifs is 1. The number of allylic oxidation sites excluding steroid dienone is 1. The normalized spacial score (nSPS) is 10.6. The van der Waals surface area contributed by atoms with Gasteiger partial charge in [-0.2, -0.15) is 0 Å². The summed E-state index contributed by atoms with van der Waals surface area (Å²) in [6.45, 7) is 4.45. The molecule has 0 radical (unpaired) electrons. The molecule has 0 unspecified atom stereocenters. The third-order valence-electron chi connectivity index (χ3n) is 2.21. The molecule has 0 saturated carbocycles. The monoisotopic (exact) mass is 188 g/mol. The molecule has 0 amide bonds. The zero-order valence-electron chi connectivity index (χ0n) is 7.85. The first-order valence-corrected chi connectivity index (χ1v) is 4.51. The Labute approximate surface area is 82.3 Å². The Morgan fingerprint density at radius 2 is 2.43 bits per heavy atom. The largest absolute Gasteiger partial charge is 0.392 e. The highest BCUT2D eigenvalue weighted by atomic mass is 16.3. The quantitative estimate of drug-likeness (QED) is 0.745. The minimum Gasteiger partial charge on any atom is -0.392 e. The molecule has 0 aliphatic rings. The van der Waals surface area contributed by atoms with E-state index in [-0.39, 0.29) is 6.61 Å². The number of nitrogens with zero attached hydrogens (tertiary/aromatic N) is 2. The molecule has 14 heavy (non-hydrogen) atoms. The van der Waals surface area contributed by atoms with E-state index in [0.717, 1.165) is 16.6 Å². The van der Waals surface area contributed by atoms with Crippen molar-refractivity contribution in [1.82, 2.24) is 9.55 Å². The van der Waals surface area contributed by atoms with Crippen LogP contribution in [0.4, 0.5) is 0 Å². The topological polar surface area (TPSA) is 38.0 Å². The van der Waals surface area contributed by atoms with Gasteiger partial charge in [0, 0.05) is 29.9 Å². The van der Waals surface area contributed by atoms with Gasteiger partial charge < -0.3 is 9.67 Å². The van der Waals surface area contributed by atoms with Crippen LogP contribution in [0, 0.1) is 0 Å². The summed E-state index contributed by atoms with van der Waals surface area (Å²) in [6, 6.07) is 3.84. The maximum atomic E-state index is 9.15. The van der Waals surface area contributed by atoms with E-state index in [0.29, 0.717) is 6.54 Å². The van der Waals surface area contributed by atoms with Crippen LogP contribution in [0.15, 0.2) is 37.2 Å². The lowest BCUT2D eigenvalue weighted by atomic mass is 10.2. The highest BCUT2D eigenvalue weighted by molar-refractivity contribution is 5.80. The molecule has 72 valence electrons. The van der Waals surface area contributed by atoms with E-state index in [4.69, 9.17) is 5.11 Å². The second kappa shape index (κ2) is 3.64. The molecule has 0 atom stereocenters. The van der Waals surface area contributed by atoms with Crippen molar-refractivity contribution in [1.29, 1.82) is 0 Å². The molecule has 0 aliphatic carbocycles. The molecule has 0 aliphatic heterocycles. The summed E-state index contributed by atoms with van der Waals surface area (Å²) >= 11 is 0. The van der Waals surface area contributed by atoms with Gasteiger partial charge >= 0.3 is 0 Å². The van der Waals surface area contributed by atoms with Crippen molar-refractivity contribution < 1.29 is 5.11 Å². The fourth-order valence-corrected chi connectivity index (χ4v) is 1.60. The zero-order chi connectivity index (χ0) is 9.97. The van der Waals surface area contributed by atoms with Crippen LogP contribution in [0.25, 0.3) is 11.0 Å². The van der Waals surface area contributed by atoms with E-state index in [2.05, 4.69) is 11.6 Å². The minimum atomic E-state index is 0.0480. The smallest absolute Gasteiger partial charge is 0.140 e. The van der Waals surface area contributed by atoms with Crippen LogP contribution in [-0.4, -0.2) is 14.7 Å². The van der Waals surface area contributed by atoms with E-state index in [1.54, 1.807) is 6.20 Å². The maximum Gasteiger partial charge on any atom is 0.140 e. The van der Waals surface area contributed by atoms with Crippen molar-refractivity contribution in [2.45, 2.75) is 13.2 Å². The summed E-state index contributed by atoms with van der Waals surface area (Å²) < 4.78 is 1.98. The third kappa shape index (κ3) is 1.32. The molecule has 2 heterocycles. The molecule has 3 nitrogen and oxygen atoms in total. The van der Waals surface area contributed by atoms with Gasteiger partial charge in [-0.05, 0) is 12.1 Å². The zero-order valence-corrected chi connectivity index (χ0v) is 7.85. The van der Waals surface area contributed by atoms with Crippen molar-refractivity contribution in [2.75, 3.05) is 0 Å². The van der Waals surface area contributed by atoms with Gasteiger partial charge in [0.25, 0.3) is 0 Å². The Morgan fingerprint density at radius 1 is 1.57 bits per heavy atom. The molecule has 0 fully saturated rings. The Bertz CT molecular complexity index is 459. The second-order valence-electron chi connectivity index (χ2n) is 3.13. The summed E-state index contributed by atoms with van der Waals surface area (Å²) in [5.41, 5.74) is 1.81. The predicted octanol–water partition coefficient (Wildman–Crippen LogP) is 1.71. The fourth-order valence-electron chi connectivity index (χ4n) is 1.60. The van der Waals surface area contributed by atoms with Gasteiger partial charge in [0.05, 0.1) is 6.61 Å². The highest BCUT2D eigenvalue weighted by Crippen LogP contribution is 2.18. The average molecular weight is 188 g/mol. The molecule has 2 aromatic rings. The first-order valence-electron chi connectivity index (χ1n) is 4.51. The lowest BCUT2D eigenvalue weighted by molar-refractivity contribution is 0.283. The summed E-state index contributed by atoms with van der Waals surface area (Å²) in [7, 11) is 0. The van der Waals surface area contributed by atoms with Gasteiger partial charge in [0.15, 0.2) is 0 Å². The van der Waals surface area contributed by atoms with Crippen molar-refractivity contribution in [2.24, 2.45) is 0 Å². The Balaban J connectivity index is 2.66. The van der Waals surface area contributed by atoms with Crippen molar-refractivity contribution in [3.8, 4) is 0 Å². The fraction of sp³-hybridized carbons (Fsp3) is 0.182. The molecule has 0 saturated heterocycles. The van der Waals surface area contributed by atoms with E-state index >= 15 is 0 Å². The van der Waals surface area contributed by atoms with Crippen LogP contribution in [-0.2, 0) is 13.2 Å². The molecule has 2 aromatic heterocycles. The van der Waals surface area contributed by atoms with E-state index in [1.807, 2.05) is 29.0 Å². The first kappa shape index (κ1) is 8.97. The predicted molar refractivity (Wildman–Crippen MR) is 55.9 cm³/mol. The standard InChI is InChI=1S/C11H12N2O/c1-2-6-13-7-9(8-14)10-4-3-5-12-11(10)13/h2-5,7,14H,1,6,8H2. The van der Waals surface area contributed by atoms with E-state index in [1.165, 1.54) is 0 Å². The van der Waals surface area contributed by atoms with Gasteiger partial charge in [-0.25, -0.2) is 4.98 Å². The minimum absolute atomic E-state index is 0.0480. The third-order valence-corrected chi connectivity index (χ3v) is 2.21. The summed E-state index contributed by atoms with van der Waals surface area (Å²) in [6.07, 6.45) is 5.48. The summed E-state index contributed by atoms with van der Waals surface area (Å²) in [5, 5.41) is 10.2. The number of hydrogen-bond acceptors (Lipinski definition) is 2. The molecule has 3 heteroatoms. The molecule has 0 bridgehead atoms. The lowest BCUT2D eigenvalue weighted by Crippen LogP contribution is -1.93. The number of aromatic nitrogens is 2. The SMILES string of the molecule is C=CCn1cc(CO)c2cccnc21.